The second-order valence-corrected chi connectivity index (χ2v) is 6.26. The van der Waals surface area contributed by atoms with Gasteiger partial charge in [-0.05, 0) is 18.2 Å². The molecule has 3 rings (SSSR count). The van der Waals surface area contributed by atoms with Crippen molar-refractivity contribution in [1.29, 1.82) is 5.26 Å². The maximum absolute atomic E-state index is 13.9. The van der Waals surface area contributed by atoms with E-state index < -0.39 is 12.5 Å². The average molecular weight is 384 g/mol. The zero-order valence-electron chi connectivity index (χ0n) is 15.4. The van der Waals surface area contributed by atoms with Crippen LogP contribution in [0.3, 0.4) is 0 Å². The summed E-state index contributed by atoms with van der Waals surface area (Å²) >= 11 is 0. The Labute approximate surface area is 159 Å². The standard InChI is InChI=1S/C19H18F2N6O/c1-19(20,21)11-27-17(10-24-8-13(7-23)28-2)26-16-9-25-15-4-3-12(6-22)5-14(15)18(16)27/h3-5,7-9H,10-11,23H2,1-2H3. The molecule has 2 heterocycles. The lowest BCUT2D eigenvalue weighted by molar-refractivity contribution is 0.00430. The van der Waals surface area contributed by atoms with E-state index in [4.69, 9.17) is 10.5 Å². The van der Waals surface area contributed by atoms with E-state index in [1.54, 1.807) is 18.2 Å². The fourth-order valence-corrected chi connectivity index (χ4v) is 2.88. The molecular formula is C19H18F2N6O. The summed E-state index contributed by atoms with van der Waals surface area (Å²) in [5, 5.41) is 9.77. The van der Waals surface area contributed by atoms with E-state index in [0.717, 1.165) is 6.92 Å². The van der Waals surface area contributed by atoms with E-state index in [-0.39, 0.29) is 6.54 Å². The third-order valence-electron chi connectivity index (χ3n) is 4.07. The Morgan fingerprint density at radius 3 is 2.86 bits per heavy atom. The fourth-order valence-electron chi connectivity index (χ4n) is 2.88. The van der Waals surface area contributed by atoms with Gasteiger partial charge < -0.3 is 15.0 Å². The number of allylic oxidation sites excluding steroid dienone is 1. The number of alkyl halides is 2. The summed E-state index contributed by atoms with van der Waals surface area (Å²) < 4.78 is 34.2. The number of nitrogens with two attached hydrogens (primary N) is 1. The largest absolute Gasteiger partial charge is 0.494 e. The Kier molecular flexibility index (Phi) is 5.22. The Morgan fingerprint density at radius 2 is 2.21 bits per heavy atom. The molecule has 0 aliphatic rings. The van der Waals surface area contributed by atoms with Gasteiger partial charge in [0.15, 0.2) is 5.76 Å². The van der Waals surface area contributed by atoms with E-state index in [2.05, 4.69) is 21.0 Å². The molecule has 0 radical (unpaired) electrons. The van der Waals surface area contributed by atoms with Crippen LogP contribution in [0.5, 0.6) is 0 Å². The van der Waals surface area contributed by atoms with E-state index in [9.17, 15) is 14.0 Å². The van der Waals surface area contributed by atoms with Crippen molar-refractivity contribution in [3.05, 3.63) is 47.7 Å². The highest BCUT2D eigenvalue weighted by molar-refractivity contribution is 6.02. The summed E-state index contributed by atoms with van der Waals surface area (Å²) in [7, 11) is 1.45. The number of aromatic nitrogens is 3. The van der Waals surface area contributed by atoms with Crippen molar-refractivity contribution in [2.24, 2.45) is 10.7 Å². The van der Waals surface area contributed by atoms with Crippen molar-refractivity contribution in [1.82, 2.24) is 14.5 Å². The maximum Gasteiger partial charge on any atom is 0.262 e. The molecule has 1 aromatic carbocycles. The lowest BCUT2D eigenvalue weighted by atomic mass is 10.1. The first-order chi connectivity index (χ1) is 13.4. The summed E-state index contributed by atoms with van der Waals surface area (Å²) in [6.07, 6.45) is 4.17. The second kappa shape index (κ2) is 7.60. The van der Waals surface area contributed by atoms with Crippen LogP contribution in [0, 0.1) is 11.3 Å². The predicted octanol–water partition coefficient (Wildman–Crippen LogP) is 3.13. The minimum absolute atomic E-state index is 0.0465. The number of benzene rings is 1. The Balaban J connectivity index is 2.19. The van der Waals surface area contributed by atoms with Crippen LogP contribution in [-0.2, 0) is 17.8 Å². The van der Waals surface area contributed by atoms with E-state index in [1.165, 1.54) is 30.3 Å². The van der Waals surface area contributed by atoms with Crippen molar-refractivity contribution in [3.8, 4) is 6.07 Å². The highest BCUT2D eigenvalue weighted by Gasteiger charge is 2.26. The van der Waals surface area contributed by atoms with Gasteiger partial charge in [-0.1, -0.05) is 0 Å². The van der Waals surface area contributed by atoms with Gasteiger partial charge in [-0.3, -0.25) is 9.98 Å². The first-order valence-corrected chi connectivity index (χ1v) is 8.38. The monoisotopic (exact) mass is 384 g/mol. The molecule has 0 aliphatic carbocycles. The Bertz CT molecular complexity index is 1120. The predicted molar refractivity (Wildman–Crippen MR) is 102 cm³/mol. The molecule has 9 heteroatoms. The van der Waals surface area contributed by atoms with Crippen LogP contribution in [-0.4, -0.2) is 33.8 Å². The van der Waals surface area contributed by atoms with Gasteiger partial charge in [-0.15, -0.1) is 0 Å². The number of hydrogen-bond donors (Lipinski definition) is 1. The molecule has 2 aromatic heterocycles. The van der Waals surface area contributed by atoms with Gasteiger partial charge >= 0.3 is 0 Å². The lowest BCUT2D eigenvalue weighted by Gasteiger charge is -2.15. The number of methoxy groups -OCH3 is 1. The number of fused-ring (bicyclic) bond motifs is 3. The molecule has 0 spiro atoms. The van der Waals surface area contributed by atoms with Gasteiger partial charge in [0.2, 0.25) is 0 Å². The molecule has 0 unspecified atom stereocenters. The van der Waals surface area contributed by atoms with Crippen LogP contribution in [0.1, 0.15) is 18.3 Å². The number of nitriles is 1. The van der Waals surface area contributed by atoms with Crippen LogP contribution in [0.4, 0.5) is 8.78 Å². The molecule has 0 atom stereocenters. The fraction of sp³-hybridized carbons (Fsp3) is 0.263. The maximum atomic E-state index is 13.9. The summed E-state index contributed by atoms with van der Waals surface area (Å²) in [6.45, 7) is 0.315. The number of ether oxygens (including phenoxy) is 1. The number of hydrogen-bond acceptors (Lipinski definition) is 6. The number of aliphatic imine (C=N–C) groups is 1. The molecule has 3 aromatic rings. The number of pyridine rings is 1. The zero-order chi connectivity index (χ0) is 20.3. The molecule has 2 N–H and O–H groups in total. The van der Waals surface area contributed by atoms with Crippen molar-refractivity contribution < 1.29 is 13.5 Å². The van der Waals surface area contributed by atoms with Crippen molar-refractivity contribution in [2.75, 3.05) is 7.11 Å². The average Bonchev–Trinajstić information content (AvgIpc) is 3.01. The molecule has 0 amide bonds. The van der Waals surface area contributed by atoms with Gasteiger partial charge in [0.1, 0.15) is 11.3 Å². The minimum atomic E-state index is -2.97. The van der Waals surface area contributed by atoms with Crippen molar-refractivity contribution in [3.63, 3.8) is 0 Å². The van der Waals surface area contributed by atoms with E-state index >= 15 is 0 Å². The number of rotatable bonds is 6. The molecule has 7 nitrogen and oxygen atoms in total. The lowest BCUT2D eigenvalue weighted by Crippen LogP contribution is -2.21. The summed E-state index contributed by atoms with van der Waals surface area (Å²) in [5.41, 5.74) is 7.35. The summed E-state index contributed by atoms with van der Waals surface area (Å²) in [5.74, 6) is -2.28. The van der Waals surface area contributed by atoms with E-state index in [1.807, 2.05) is 0 Å². The Morgan fingerprint density at radius 1 is 1.43 bits per heavy atom. The first kappa shape index (κ1) is 19.2. The van der Waals surface area contributed by atoms with Crippen LogP contribution in [0.25, 0.3) is 21.9 Å². The van der Waals surface area contributed by atoms with Crippen LogP contribution in [0.15, 0.2) is 41.3 Å². The molecule has 0 bridgehead atoms. The molecule has 0 fully saturated rings. The van der Waals surface area contributed by atoms with Gasteiger partial charge in [0.05, 0.1) is 55.3 Å². The van der Waals surface area contributed by atoms with Crippen LogP contribution >= 0.6 is 0 Å². The van der Waals surface area contributed by atoms with Crippen molar-refractivity contribution >= 4 is 28.2 Å². The van der Waals surface area contributed by atoms with E-state index in [0.29, 0.717) is 39.1 Å². The molecule has 28 heavy (non-hydrogen) atoms. The quantitative estimate of drug-likeness (QED) is 0.520. The Hall–Kier alpha value is -3.54. The molecule has 0 saturated heterocycles. The summed E-state index contributed by atoms with van der Waals surface area (Å²) in [4.78, 5) is 12.9. The van der Waals surface area contributed by atoms with Crippen LogP contribution in [0.2, 0.25) is 0 Å². The zero-order valence-corrected chi connectivity index (χ0v) is 15.4. The summed E-state index contributed by atoms with van der Waals surface area (Å²) in [6, 6.07) is 7.00. The van der Waals surface area contributed by atoms with Gasteiger partial charge in [-0.2, -0.15) is 5.26 Å². The molecular weight excluding hydrogens is 366 g/mol. The highest BCUT2D eigenvalue weighted by Crippen LogP contribution is 2.28. The highest BCUT2D eigenvalue weighted by atomic mass is 19.3. The van der Waals surface area contributed by atoms with Gasteiger partial charge in [-0.25, -0.2) is 13.8 Å². The third-order valence-corrected chi connectivity index (χ3v) is 4.07. The number of halogens is 2. The topological polar surface area (TPSA) is 102 Å². The van der Waals surface area contributed by atoms with Gasteiger partial charge in [0.25, 0.3) is 5.92 Å². The first-order valence-electron chi connectivity index (χ1n) is 8.38. The normalized spacial score (nSPS) is 12.8. The number of nitrogens with zero attached hydrogens (tertiary/aromatic N) is 5. The molecule has 144 valence electrons. The van der Waals surface area contributed by atoms with Crippen LogP contribution < -0.4 is 5.73 Å². The molecule has 0 aliphatic heterocycles. The van der Waals surface area contributed by atoms with Crippen molar-refractivity contribution in [2.45, 2.75) is 25.9 Å². The molecule has 0 saturated carbocycles. The SMILES string of the molecule is COC(C=NCc1nc2cnc3ccc(C#N)cc3c2n1CC(C)(F)F)=CN. The van der Waals surface area contributed by atoms with Gasteiger partial charge in [0, 0.05) is 18.5 Å². The third kappa shape index (κ3) is 3.91. The minimum Gasteiger partial charge on any atom is -0.494 e. The number of imidazole rings is 1. The smallest absolute Gasteiger partial charge is 0.262 e. The second-order valence-electron chi connectivity index (χ2n) is 6.26.